The van der Waals surface area contributed by atoms with E-state index in [9.17, 15) is 12.8 Å². The normalized spacial score (nSPS) is 12.9. The van der Waals surface area contributed by atoms with Gasteiger partial charge in [0.2, 0.25) is 10.0 Å². The van der Waals surface area contributed by atoms with E-state index in [1.165, 1.54) is 12.1 Å². The van der Waals surface area contributed by atoms with E-state index in [0.29, 0.717) is 22.5 Å². The van der Waals surface area contributed by atoms with E-state index < -0.39 is 16.1 Å². The van der Waals surface area contributed by atoms with Crippen LogP contribution in [0, 0.1) is 26.6 Å². The van der Waals surface area contributed by atoms with Gasteiger partial charge in [0.15, 0.2) is 0 Å². The van der Waals surface area contributed by atoms with Crippen LogP contribution in [-0.4, -0.2) is 18.0 Å². The maximum absolute atomic E-state index is 13.4. The highest BCUT2D eigenvalue weighted by atomic mass is 32.2. The largest absolute Gasteiger partial charge is 0.336 e. The number of aromatic nitrogens is 2. The van der Waals surface area contributed by atoms with E-state index in [2.05, 4.69) is 9.71 Å². The van der Waals surface area contributed by atoms with Crippen molar-refractivity contribution in [1.29, 1.82) is 0 Å². The zero-order chi connectivity index (χ0) is 19.8. The van der Waals surface area contributed by atoms with E-state index in [1.807, 2.05) is 19.1 Å². The second-order valence-corrected chi connectivity index (χ2v) is 8.38. The Labute approximate surface area is 158 Å². The molecule has 1 aromatic heterocycles. The molecule has 3 rings (SSSR count). The van der Waals surface area contributed by atoms with Gasteiger partial charge in [-0.05, 0) is 49.6 Å². The minimum Gasteiger partial charge on any atom is -0.336 e. The standard InChI is InChI=1S/C20H22FN3O2S/c1-13-11-14(2)19(15(3)12-13)27(25,26)23-18(20-22-9-10-24(20)4)16-5-7-17(21)8-6-16/h5-12,18,23H,1-4H3. The number of hydrogen-bond acceptors (Lipinski definition) is 3. The van der Waals surface area contributed by atoms with Gasteiger partial charge in [-0.2, -0.15) is 4.72 Å². The third-order valence-corrected chi connectivity index (χ3v) is 6.19. The van der Waals surface area contributed by atoms with Crippen LogP contribution in [0.15, 0.2) is 53.7 Å². The predicted octanol–water partition coefficient (Wildman–Crippen LogP) is 3.55. The smallest absolute Gasteiger partial charge is 0.242 e. The van der Waals surface area contributed by atoms with Crippen molar-refractivity contribution in [1.82, 2.24) is 14.3 Å². The summed E-state index contributed by atoms with van der Waals surface area (Å²) in [6, 6.07) is 8.68. The van der Waals surface area contributed by atoms with Gasteiger partial charge in [-0.3, -0.25) is 0 Å². The molecule has 0 fully saturated rings. The molecule has 0 radical (unpaired) electrons. The molecule has 5 nitrogen and oxygen atoms in total. The molecule has 0 aliphatic heterocycles. The summed E-state index contributed by atoms with van der Waals surface area (Å²) in [6.07, 6.45) is 3.34. The van der Waals surface area contributed by atoms with E-state index in [0.717, 1.165) is 5.56 Å². The lowest BCUT2D eigenvalue weighted by Crippen LogP contribution is -2.32. The third kappa shape index (κ3) is 3.94. The Morgan fingerprint density at radius 3 is 2.19 bits per heavy atom. The first-order chi connectivity index (χ1) is 12.7. The minimum absolute atomic E-state index is 0.259. The maximum Gasteiger partial charge on any atom is 0.242 e. The quantitative estimate of drug-likeness (QED) is 0.728. The van der Waals surface area contributed by atoms with Crippen LogP contribution >= 0.6 is 0 Å². The van der Waals surface area contributed by atoms with Crippen LogP contribution in [0.1, 0.15) is 34.1 Å². The molecular formula is C20H22FN3O2S. The lowest BCUT2D eigenvalue weighted by atomic mass is 10.1. The van der Waals surface area contributed by atoms with Gasteiger partial charge in [0.25, 0.3) is 0 Å². The molecule has 27 heavy (non-hydrogen) atoms. The minimum atomic E-state index is -3.84. The Bertz CT molecular complexity index is 1050. The summed E-state index contributed by atoms with van der Waals surface area (Å²) in [6.45, 7) is 5.49. The lowest BCUT2D eigenvalue weighted by molar-refractivity contribution is 0.561. The Morgan fingerprint density at radius 1 is 1.07 bits per heavy atom. The van der Waals surface area contributed by atoms with Crippen molar-refractivity contribution in [2.45, 2.75) is 31.7 Å². The van der Waals surface area contributed by atoms with Gasteiger partial charge < -0.3 is 4.57 Å². The molecular weight excluding hydrogens is 365 g/mol. The number of rotatable bonds is 5. The molecule has 0 aliphatic carbocycles. The van der Waals surface area contributed by atoms with Crippen LogP contribution in [0.3, 0.4) is 0 Å². The zero-order valence-corrected chi connectivity index (χ0v) is 16.5. The Balaban J connectivity index is 2.09. The molecule has 1 unspecified atom stereocenters. The second-order valence-electron chi connectivity index (χ2n) is 6.73. The highest BCUT2D eigenvalue weighted by Gasteiger charge is 2.28. The van der Waals surface area contributed by atoms with Crippen molar-refractivity contribution < 1.29 is 12.8 Å². The fourth-order valence-electron chi connectivity index (χ4n) is 3.39. The van der Waals surface area contributed by atoms with E-state index in [4.69, 9.17) is 0 Å². The second kappa shape index (κ2) is 7.25. The summed E-state index contributed by atoms with van der Waals surface area (Å²) in [4.78, 5) is 4.55. The van der Waals surface area contributed by atoms with Crippen LogP contribution in [-0.2, 0) is 17.1 Å². The first kappa shape index (κ1) is 19.3. The van der Waals surface area contributed by atoms with Gasteiger partial charge in [0.1, 0.15) is 17.7 Å². The van der Waals surface area contributed by atoms with Gasteiger partial charge in [-0.15, -0.1) is 0 Å². The Kier molecular flexibility index (Phi) is 5.17. The van der Waals surface area contributed by atoms with Crippen LogP contribution < -0.4 is 4.72 Å². The van der Waals surface area contributed by atoms with Crippen LogP contribution in [0.25, 0.3) is 0 Å². The number of sulfonamides is 1. The average Bonchev–Trinajstić information content (AvgIpc) is 2.98. The van der Waals surface area contributed by atoms with Crippen molar-refractivity contribution in [3.05, 3.63) is 82.7 Å². The zero-order valence-electron chi connectivity index (χ0n) is 15.7. The molecule has 2 aromatic carbocycles. The third-order valence-electron chi connectivity index (χ3n) is 4.47. The monoisotopic (exact) mass is 387 g/mol. The average molecular weight is 387 g/mol. The number of aryl methyl sites for hydroxylation is 4. The summed E-state index contributed by atoms with van der Waals surface area (Å²) in [5, 5.41) is 0. The van der Waals surface area contributed by atoms with Crippen molar-refractivity contribution in [2.24, 2.45) is 7.05 Å². The summed E-state index contributed by atoms with van der Waals surface area (Å²) in [7, 11) is -2.05. The lowest BCUT2D eigenvalue weighted by Gasteiger charge is -2.21. The van der Waals surface area contributed by atoms with E-state index in [1.54, 1.807) is 50.0 Å². The molecule has 0 amide bonds. The topological polar surface area (TPSA) is 64.0 Å². The molecule has 0 spiro atoms. The highest BCUT2D eigenvalue weighted by Crippen LogP contribution is 2.27. The molecule has 3 aromatic rings. The number of nitrogens with one attached hydrogen (secondary N) is 1. The Morgan fingerprint density at radius 2 is 1.67 bits per heavy atom. The summed E-state index contributed by atoms with van der Waals surface area (Å²) >= 11 is 0. The van der Waals surface area contributed by atoms with Crippen molar-refractivity contribution >= 4 is 10.0 Å². The summed E-state index contributed by atoms with van der Waals surface area (Å²) in [5.74, 6) is 0.137. The van der Waals surface area contributed by atoms with Crippen LogP contribution in [0.2, 0.25) is 0 Å². The number of hydrogen-bond donors (Lipinski definition) is 1. The maximum atomic E-state index is 13.4. The van der Waals surface area contributed by atoms with E-state index >= 15 is 0 Å². The van der Waals surface area contributed by atoms with Gasteiger partial charge >= 0.3 is 0 Å². The molecule has 0 aliphatic rings. The fourth-order valence-corrected chi connectivity index (χ4v) is 5.02. The van der Waals surface area contributed by atoms with Gasteiger partial charge in [0, 0.05) is 19.4 Å². The number of halogens is 1. The molecule has 1 heterocycles. The predicted molar refractivity (Wildman–Crippen MR) is 102 cm³/mol. The first-order valence-electron chi connectivity index (χ1n) is 8.52. The number of benzene rings is 2. The molecule has 0 bridgehead atoms. The molecule has 7 heteroatoms. The fraction of sp³-hybridized carbons (Fsp3) is 0.250. The van der Waals surface area contributed by atoms with Gasteiger partial charge in [0.05, 0.1) is 4.90 Å². The molecule has 0 saturated heterocycles. The summed E-state index contributed by atoms with van der Waals surface area (Å²) in [5.41, 5.74) is 2.97. The van der Waals surface area contributed by atoms with Gasteiger partial charge in [-0.25, -0.2) is 17.8 Å². The SMILES string of the molecule is Cc1cc(C)c(S(=O)(=O)NC(c2ccc(F)cc2)c2nccn2C)c(C)c1. The van der Waals surface area contributed by atoms with E-state index in [-0.39, 0.29) is 10.7 Å². The van der Waals surface area contributed by atoms with Crippen LogP contribution in [0.4, 0.5) is 4.39 Å². The van der Waals surface area contributed by atoms with Crippen molar-refractivity contribution in [2.75, 3.05) is 0 Å². The number of nitrogens with zero attached hydrogens (tertiary/aromatic N) is 2. The molecule has 1 atom stereocenters. The van der Waals surface area contributed by atoms with Crippen LogP contribution in [0.5, 0.6) is 0 Å². The van der Waals surface area contributed by atoms with Crippen molar-refractivity contribution in [3.8, 4) is 0 Å². The Hall–Kier alpha value is -2.51. The highest BCUT2D eigenvalue weighted by molar-refractivity contribution is 7.89. The van der Waals surface area contributed by atoms with Gasteiger partial charge in [-0.1, -0.05) is 29.8 Å². The molecule has 142 valence electrons. The summed E-state index contributed by atoms with van der Waals surface area (Å²) < 4.78 is 44.3. The first-order valence-corrected chi connectivity index (χ1v) is 10.00. The molecule has 1 N–H and O–H groups in total. The molecule has 0 saturated carbocycles. The van der Waals surface area contributed by atoms with Crippen molar-refractivity contribution in [3.63, 3.8) is 0 Å². The number of imidazole rings is 1.